The number of hydrogen-bond donors (Lipinski definition) is 1. The molecule has 1 aliphatic heterocycles. The molecule has 29 heavy (non-hydrogen) atoms. The van der Waals surface area contributed by atoms with Gasteiger partial charge in [0.15, 0.2) is 0 Å². The molecule has 0 saturated carbocycles. The van der Waals surface area contributed by atoms with Crippen molar-refractivity contribution < 1.29 is 27.1 Å². The van der Waals surface area contributed by atoms with Crippen molar-refractivity contribution in [2.75, 3.05) is 0 Å². The quantitative estimate of drug-likeness (QED) is 0.483. The van der Waals surface area contributed by atoms with E-state index in [4.69, 9.17) is 0 Å². The highest BCUT2D eigenvalue weighted by Crippen LogP contribution is 2.57. The number of carbonyl (C=O) groups excluding carboxylic acids is 1. The minimum absolute atomic E-state index is 0.0373. The lowest BCUT2D eigenvalue weighted by Gasteiger charge is -2.45. The normalized spacial score (nSPS) is 26.6. The van der Waals surface area contributed by atoms with Gasteiger partial charge in [0.05, 0.1) is 10.3 Å². The molecule has 3 atom stereocenters. The second-order valence-electron chi connectivity index (χ2n) is 8.96. The van der Waals surface area contributed by atoms with Crippen LogP contribution in [0.5, 0.6) is 0 Å². The first-order chi connectivity index (χ1) is 13.3. The van der Waals surface area contributed by atoms with E-state index in [0.29, 0.717) is 6.29 Å². The highest BCUT2D eigenvalue weighted by Gasteiger charge is 2.69. The van der Waals surface area contributed by atoms with Crippen LogP contribution < -0.4 is 0 Å². The van der Waals surface area contributed by atoms with Gasteiger partial charge in [0.1, 0.15) is 20.6 Å². The van der Waals surface area contributed by atoms with Crippen LogP contribution in [0.4, 0.5) is 8.78 Å². The number of aldehydes is 1. The third kappa shape index (κ3) is 3.94. The van der Waals surface area contributed by atoms with Crippen LogP contribution in [0.25, 0.3) is 0 Å². The first kappa shape index (κ1) is 24.1. The molecule has 0 radical (unpaired) electrons. The van der Waals surface area contributed by atoms with Crippen LogP contribution in [0.15, 0.2) is 29.2 Å². The third-order valence-corrected chi connectivity index (χ3v) is 10.4. The molecule has 0 aromatic heterocycles. The van der Waals surface area contributed by atoms with E-state index < -0.39 is 41.3 Å². The molecule has 1 heterocycles. The van der Waals surface area contributed by atoms with E-state index >= 15 is 8.78 Å². The van der Waals surface area contributed by atoms with Crippen LogP contribution in [-0.2, 0) is 14.8 Å². The van der Waals surface area contributed by atoms with Crippen molar-refractivity contribution >= 4 is 24.4 Å². The van der Waals surface area contributed by atoms with E-state index in [9.17, 15) is 18.3 Å². The zero-order valence-electron chi connectivity index (χ0n) is 17.7. The third-order valence-electron chi connectivity index (χ3n) is 6.11. The molecule has 0 amide bonds. The van der Waals surface area contributed by atoms with Crippen molar-refractivity contribution in [2.24, 2.45) is 5.41 Å². The Balaban J connectivity index is 2.63. The Morgan fingerprint density at radius 3 is 2.28 bits per heavy atom. The van der Waals surface area contributed by atoms with E-state index in [1.54, 1.807) is 19.1 Å². The van der Waals surface area contributed by atoms with E-state index in [1.807, 2.05) is 6.92 Å². The molecule has 1 aliphatic rings. The monoisotopic (exact) mass is 447 g/mol. The maximum Gasteiger partial charge on any atom is 0.245 e. The Morgan fingerprint density at radius 1 is 1.28 bits per heavy atom. The summed E-state index contributed by atoms with van der Waals surface area (Å²) in [5.74, 6) is 0. The molecule has 2 unspecified atom stereocenters. The molecule has 1 saturated heterocycles. The Kier molecular flexibility index (Phi) is 6.79. The summed E-state index contributed by atoms with van der Waals surface area (Å²) in [6, 6.07) is 5.20. The van der Waals surface area contributed by atoms with Gasteiger partial charge in [-0.15, -0.1) is 0 Å². The Bertz CT molecular complexity index is 839. The standard InChI is InChI=1S/C20H31F2NO4SSi/c1-6-19(20(21,22)29(3,4)5)14-16(8-7-13-24)23(18(19)25)28(26,27)17-11-9-15(2)10-12-17/h9-13,16,18,25H,6-8,14H2,1-5H3/t16-,18?,19?/m0/s1. The molecule has 1 fully saturated rings. The largest absolute Gasteiger partial charge is 0.377 e. The fourth-order valence-electron chi connectivity index (χ4n) is 4.29. The van der Waals surface area contributed by atoms with Gasteiger partial charge < -0.3 is 9.90 Å². The summed E-state index contributed by atoms with van der Waals surface area (Å²) in [5.41, 5.74) is -4.23. The number of aryl methyl sites for hydroxylation is 1. The van der Waals surface area contributed by atoms with Crippen LogP contribution >= 0.6 is 0 Å². The Morgan fingerprint density at radius 2 is 1.83 bits per heavy atom. The van der Waals surface area contributed by atoms with Crippen LogP contribution in [0.2, 0.25) is 19.6 Å². The second kappa shape index (κ2) is 8.17. The van der Waals surface area contributed by atoms with Crippen LogP contribution in [-0.4, -0.2) is 50.0 Å². The van der Waals surface area contributed by atoms with Crippen molar-refractivity contribution in [3.63, 3.8) is 0 Å². The highest BCUT2D eigenvalue weighted by molar-refractivity contribution is 7.89. The molecular formula is C20H31F2NO4SSi. The van der Waals surface area contributed by atoms with Gasteiger partial charge in [-0.2, -0.15) is 4.31 Å². The second-order valence-corrected chi connectivity index (χ2v) is 15.9. The van der Waals surface area contributed by atoms with E-state index in [-0.39, 0.29) is 30.6 Å². The van der Waals surface area contributed by atoms with Gasteiger partial charge in [-0.25, -0.2) is 17.2 Å². The van der Waals surface area contributed by atoms with Gasteiger partial charge in [0, 0.05) is 12.5 Å². The lowest BCUT2D eigenvalue weighted by atomic mass is 9.80. The van der Waals surface area contributed by atoms with Gasteiger partial charge in [-0.3, -0.25) is 0 Å². The van der Waals surface area contributed by atoms with Gasteiger partial charge in [0.25, 0.3) is 0 Å². The predicted molar refractivity (Wildman–Crippen MR) is 111 cm³/mol. The molecule has 1 aromatic rings. The maximum atomic E-state index is 15.7. The minimum Gasteiger partial charge on any atom is -0.377 e. The number of rotatable bonds is 8. The Hall–Kier alpha value is -1.16. The predicted octanol–water partition coefficient (Wildman–Crippen LogP) is 3.96. The van der Waals surface area contributed by atoms with Crippen molar-refractivity contribution in [1.29, 1.82) is 0 Å². The molecular weight excluding hydrogens is 416 g/mol. The first-order valence-corrected chi connectivity index (χ1v) is 14.8. The lowest BCUT2D eigenvalue weighted by Crippen LogP contribution is -2.61. The number of hydrogen-bond acceptors (Lipinski definition) is 4. The number of benzene rings is 1. The van der Waals surface area contributed by atoms with Gasteiger partial charge in [0.2, 0.25) is 15.6 Å². The molecule has 1 aromatic carbocycles. The van der Waals surface area contributed by atoms with Crippen LogP contribution in [0.1, 0.15) is 38.2 Å². The summed E-state index contributed by atoms with van der Waals surface area (Å²) < 4.78 is 58.9. The molecule has 9 heteroatoms. The van der Waals surface area contributed by atoms with Gasteiger partial charge in [-0.1, -0.05) is 44.3 Å². The zero-order valence-corrected chi connectivity index (χ0v) is 19.5. The fourth-order valence-corrected chi connectivity index (χ4v) is 7.96. The average molecular weight is 448 g/mol. The number of aliphatic hydroxyl groups is 1. The smallest absolute Gasteiger partial charge is 0.245 e. The van der Waals surface area contributed by atoms with Gasteiger partial charge in [-0.05, 0) is 38.3 Å². The van der Waals surface area contributed by atoms with Crippen molar-refractivity contribution in [3.05, 3.63) is 29.8 Å². The van der Waals surface area contributed by atoms with Crippen molar-refractivity contribution in [3.8, 4) is 0 Å². The number of carbonyl (C=O) groups is 1. The van der Waals surface area contributed by atoms with E-state index in [1.165, 1.54) is 31.8 Å². The summed E-state index contributed by atoms with van der Waals surface area (Å²) in [7, 11) is -7.33. The number of sulfonamides is 1. The van der Waals surface area contributed by atoms with E-state index in [0.717, 1.165) is 9.87 Å². The first-order valence-electron chi connectivity index (χ1n) is 9.86. The summed E-state index contributed by atoms with van der Waals surface area (Å²) >= 11 is 0. The SMILES string of the molecule is CCC1(C(F)(F)[Si](C)(C)C)C[C@H](CCC=O)N(S(=O)(=O)c2ccc(C)cc2)C1O. The number of nitrogens with zero attached hydrogens (tertiary/aromatic N) is 1. The number of aliphatic hydroxyl groups excluding tert-OH is 1. The molecule has 5 nitrogen and oxygen atoms in total. The summed E-state index contributed by atoms with van der Waals surface area (Å²) in [4.78, 5) is 10.9. The molecule has 164 valence electrons. The summed E-state index contributed by atoms with van der Waals surface area (Å²) in [6.45, 7) is 7.94. The van der Waals surface area contributed by atoms with E-state index in [2.05, 4.69) is 0 Å². The maximum absolute atomic E-state index is 15.7. The van der Waals surface area contributed by atoms with Crippen molar-refractivity contribution in [1.82, 2.24) is 4.31 Å². The zero-order chi connectivity index (χ0) is 22.3. The minimum atomic E-state index is -4.22. The van der Waals surface area contributed by atoms with Crippen LogP contribution in [0, 0.1) is 12.3 Å². The molecule has 0 bridgehead atoms. The molecule has 0 aliphatic carbocycles. The molecule has 2 rings (SSSR count). The highest BCUT2D eigenvalue weighted by atomic mass is 32.2. The topological polar surface area (TPSA) is 74.7 Å². The molecule has 0 spiro atoms. The summed E-state index contributed by atoms with van der Waals surface area (Å²) in [5, 5.41) is 11.1. The van der Waals surface area contributed by atoms with Gasteiger partial charge >= 0.3 is 0 Å². The number of halogens is 2. The summed E-state index contributed by atoms with van der Waals surface area (Å²) in [6.07, 6.45) is -1.34. The lowest BCUT2D eigenvalue weighted by molar-refractivity contribution is -0.133. The Labute approximate surface area is 173 Å². The fraction of sp³-hybridized carbons (Fsp3) is 0.650. The van der Waals surface area contributed by atoms with Crippen LogP contribution in [0.3, 0.4) is 0 Å². The molecule has 1 N–H and O–H groups in total. The average Bonchev–Trinajstić information content (AvgIpc) is 2.93. The van der Waals surface area contributed by atoms with Crippen molar-refractivity contribution in [2.45, 2.75) is 81.9 Å². The number of alkyl halides is 2.